The fourth-order valence-electron chi connectivity index (χ4n) is 2.38. The number of anilines is 1. The molecule has 10 nitrogen and oxygen atoms in total. The molecule has 1 aromatic carbocycles. The minimum Gasteiger partial charge on any atom is -0.409 e. The average Bonchev–Trinajstić information content (AvgIpc) is 3.16. The van der Waals surface area contributed by atoms with Crippen LogP contribution in [0.2, 0.25) is 5.02 Å². The van der Waals surface area contributed by atoms with E-state index >= 15 is 0 Å². The molecular formula is C15H16ClFN6O4. The number of hydrogen-bond acceptors (Lipinski definition) is 7. The largest absolute Gasteiger partial charge is 0.409 e. The summed E-state index contributed by atoms with van der Waals surface area (Å²) in [6, 6.07) is 3.59. The first-order chi connectivity index (χ1) is 13.1. The highest BCUT2D eigenvalue weighted by atomic mass is 35.5. The molecule has 2 heterocycles. The molecule has 3 rings (SSSR count). The number of carbonyl (C=O) groups is 1. The monoisotopic (exact) mass is 398 g/mol. The van der Waals surface area contributed by atoms with E-state index in [4.69, 9.17) is 16.3 Å². The second-order valence-electron chi connectivity index (χ2n) is 5.52. The smallest absolute Gasteiger partial charge is 0.317 e. The summed E-state index contributed by atoms with van der Waals surface area (Å²) in [5.74, 6) is -0.686. The van der Waals surface area contributed by atoms with Crippen LogP contribution in [0.15, 0.2) is 28.0 Å². The third-order valence-electron chi connectivity index (χ3n) is 3.77. The molecule has 1 saturated heterocycles. The van der Waals surface area contributed by atoms with E-state index in [1.165, 1.54) is 12.1 Å². The standard InChI is InChI=1S/C15H16ClFN6O4/c16-10-7-9(1-2-11(10)17)19-14(20-25)13-12(21-27-22-13)8-18-15(24)23-3-5-26-6-4-23/h1-2,7,25H,3-6,8H2,(H,18,24)(H,19,20). The van der Waals surface area contributed by atoms with E-state index in [0.29, 0.717) is 32.0 Å². The van der Waals surface area contributed by atoms with Gasteiger partial charge in [-0.2, -0.15) is 0 Å². The third kappa shape index (κ3) is 4.63. The quantitative estimate of drug-likeness (QED) is 0.309. The number of hydrogen-bond donors (Lipinski definition) is 3. The number of amides is 2. The highest BCUT2D eigenvalue weighted by molar-refractivity contribution is 6.31. The summed E-state index contributed by atoms with van der Waals surface area (Å²) >= 11 is 5.73. The Morgan fingerprint density at radius 1 is 1.37 bits per heavy atom. The summed E-state index contributed by atoms with van der Waals surface area (Å²) in [6.07, 6.45) is 0. The summed E-state index contributed by atoms with van der Waals surface area (Å²) in [5, 5.41) is 25.1. The minimum absolute atomic E-state index is 0.000101. The number of carbonyl (C=O) groups excluding carboxylic acids is 1. The summed E-state index contributed by atoms with van der Waals surface area (Å²) in [4.78, 5) is 13.7. The number of rotatable bonds is 4. The molecular weight excluding hydrogens is 383 g/mol. The van der Waals surface area contributed by atoms with Crippen molar-refractivity contribution in [3.63, 3.8) is 0 Å². The van der Waals surface area contributed by atoms with Crippen molar-refractivity contribution < 1.29 is 23.8 Å². The van der Waals surface area contributed by atoms with Crippen LogP contribution in [0, 0.1) is 5.82 Å². The lowest BCUT2D eigenvalue weighted by atomic mass is 10.2. The maximum atomic E-state index is 13.3. The molecule has 1 aliphatic rings. The van der Waals surface area contributed by atoms with Crippen LogP contribution in [-0.2, 0) is 11.3 Å². The molecule has 3 N–H and O–H groups in total. The van der Waals surface area contributed by atoms with Crippen molar-refractivity contribution in [3.05, 3.63) is 40.4 Å². The second kappa shape index (κ2) is 8.64. The van der Waals surface area contributed by atoms with Gasteiger partial charge in [-0.3, -0.25) is 0 Å². The Bertz CT molecular complexity index is 839. The summed E-state index contributed by atoms with van der Waals surface area (Å²) in [5.41, 5.74) is 0.686. The number of nitrogens with zero attached hydrogens (tertiary/aromatic N) is 4. The molecule has 2 amide bonds. The lowest BCUT2D eigenvalue weighted by Gasteiger charge is -2.26. The number of oxime groups is 1. The van der Waals surface area contributed by atoms with Gasteiger partial charge >= 0.3 is 6.03 Å². The van der Waals surface area contributed by atoms with E-state index in [9.17, 15) is 14.4 Å². The maximum Gasteiger partial charge on any atom is 0.317 e. The molecule has 1 aromatic heterocycles. The number of amidine groups is 1. The van der Waals surface area contributed by atoms with Crippen LogP contribution in [0.1, 0.15) is 11.4 Å². The number of urea groups is 1. The van der Waals surface area contributed by atoms with E-state index < -0.39 is 5.82 Å². The molecule has 0 aliphatic carbocycles. The summed E-state index contributed by atoms with van der Waals surface area (Å²) < 4.78 is 23.1. The summed E-state index contributed by atoms with van der Waals surface area (Å²) in [6.45, 7) is 1.95. The van der Waals surface area contributed by atoms with Crippen molar-refractivity contribution in [1.29, 1.82) is 0 Å². The van der Waals surface area contributed by atoms with Crippen molar-refractivity contribution in [1.82, 2.24) is 20.5 Å². The van der Waals surface area contributed by atoms with Gasteiger partial charge in [0, 0.05) is 18.8 Å². The number of halogens is 2. The zero-order valence-corrected chi connectivity index (χ0v) is 14.7. The molecule has 0 radical (unpaired) electrons. The van der Waals surface area contributed by atoms with Crippen LogP contribution in [0.3, 0.4) is 0 Å². The van der Waals surface area contributed by atoms with Gasteiger partial charge in [-0.15, -0.1) is 0 Å². The van der Waals surface area contributed by atoms with Gasteiger partial charge in [0.2, 0.25) is 5.84 Å². The molecule has 144 valence electrons. The molecule has 0 unspecified atom stereocenters. The molecule has 27 heavy (non-hydrogen) atoms. The third-order valence-corrected chi connectivity index (χ3v) is 4.06. The molecule has 1 aliphatic heterocycles. The fourth-order valence-corrected chi connectivity index (χ4v) is 2.56. The molecule has 0 bridgehead atoms. The Labute approximate surface area is 157 Å². The van der Waals surface area contributed by atoms with Gasteiger partial charge in [0.25, 0.3) is 0 Å². The van der Waals surface area contributed by atoms with Crippen molar-refractivity contribution in [2.24, 2.45) is 5.16 Å². The molecule has 12 heteroatoms. The average molecular weight is 399 g/mol. The number of nitrogens with one attached hydrogen (secondary N) is 2. The predicted molar refractivity (Wildman–Crippen MR) is 92.3 cm³/mol. The Morgan fingerprint density at radius 3 is 2.85 bits per heavy atom. The second-order valence-corrected chi connectivity index (χ2v) is 5.93. The molecule has 0 saturated carbocycles. The zero-order valence-electron chi connectivity index (χ0n) is 14.0. The normalized spacial score (nSPS) is 14.9. The Hall–Kier alpha value is -2.92. The van der Waals surface area contributed by atoms with E-state index in [1.807, 2.05) is 0 Å². The van der Waals surface area contributed by atoms with Crippen molar-refractivity contribution in [2.45, 2.75) is 6.54 Å². The van der Waals surface area contributed by atoms with E-state index in [-0.39, 0.29) is 34.8 Å². The minimum atomic E-state index is -0.584. The predicted octanol–water partition coefficient (Wildman–Crippen LogP) is 1.65. The van der Waals surface area contributed by atoms with Gasteiger partial charge in [0.05, 0.1) is 24.8 Å². The lowest BCUT2D eigenvalue weighted by molar-refractivity contribution is 0.0531. The highest BCUT2D eigenvalue weighted by Crippen LogP contribution is 2.20. The number of aromatic nitrogens is 2. The van der Waals surface area contributed by atoms with Crippen LogP contribution < -0.4 is 10.6 Å². The van der Waals surface area contributed by atoms with Gasteiger partial charge in [0.15, 0.2) is 5.69 Å². The molecule has 0 spiro atoms. The van der Waals surface area contributed by atoms with Crippen LogP contribution in [0.25, 0.3) is 0 Å². The number of morpholine rings is 1. The first-order valence-corrected chi connectivity index (χ1v) is 8.32. The van der Waals surface area contributed by atoms with Crippen molar-refractivity contribution >= 4 is 29.2 Å². The number of ether oxygens (including phenoxy) is 1. The lowest BCUT2D eigenvalue weighted by Crippen LogP contribution is -2.46. The van der Waals surface area contributed by atoms with Crippen LogP contribution in [0.4, 0.5) is 14.9 Å². The van der Waals surface area contributed by atoms with Crippen LogP contribution >= 0.6 is 11.6 Å². The van der Waals surface area contributed by atoms with E-state index in [1.54, 1.807) is 4.90 Å². The SMILES string of the molecule is O=C(NCc1nonc1/C(=N\O)Nc1ccc(F)c(Cl)c1)N1CCOCC1. The van der Waals surface area contributed by atoms with Gasteiger partial charge < -0.3 is 25.5 Å². The molecule has 0 atom stereocenters. The Kier molecular flexibility index (Phi) is 6.04. The first-order valence-electron chi connectivity index (χ1n) is 7.95. The topological polar surface area (TPSA) is 125 Å². The van der Waals surface area contributed by atoms with Gasteiger partial charge in [-0.1, -0.05) is 21.9 Å². The van der Waals surface area contributed by atoms with Gasteiger partial charge in [0.1, 0.15) is 11.5 Å². The van der Waals surface area contributed by atoms with Crippen LogP contribution in [-0.4, -0.2) is 58.6 Å². The fraction of sp³-hybridized carbons (Fsp3) is 0.333. The van der Waals surface area contributed by atoms with E-state index in [0.717, 1.165) is 6.07 Å². The van der Waals surface area contributed by atoms with Crippen LogP contribution in [0.5, 0.6) is 0 Å². The molecule has 1 fully saturated rings. The highest BCUT2D eigenvalue weighted by Gasteiger charge is 2.21. The first kappa shape index (κ1) is 18.9. The Morgan fingerprint density at radius 2 is 2.15 bits per heavy atom. The maximum absolute atomic E-state index is 13.3. The molecule has 2 aromatic rings. The summed E-state index contributed by atoms with van der Waals surface area (Å²) in [7, 11) is 0. The zero-order chi connectivity index (χ0) is 19.2. The van der Waals surface area contributed by atoms with Crippen molar-refractivity contribution in [2.75, 3.05) is 31.6 Å². The van der Waals surface area contributed by atoms with Gasteiger partial charge in [-0.25, -0.2) is 13.8 Å². The van der Waals surface area contributed by atoms with E-state index in [2.05, 4.69) is 30.7 Å². The number of benzene rings is 1. The van der Waals surface area contributed by atoms with Gasteiger partial charge in [-0.05, 0) is 23.4 Å². The Balaban J connectivity index is 1.66. The van der Waals surface area contributed by atoms with Crippen molar-refractivity contribution in [3.8, 4) is 0 Å².